The number of nitro groups is 1. The van der Waals surface area contributed by atoms with Gasteiger partial charge in [-0.25, -0.2) is 0 Å². The molecule has 0 heterocycles. The summed E-state index contributed by atoms with van der Waals surface area (Å²) in [6.45, 7) is 2.58. The minimum Gasteiger partial charge on any atom is -0.381 e. The van der Waals surface area contributed by atoms with Crippen LogP contribution in [0, 0.1) is 17.0 Å². The molecule has 0 saturated heterocycles. The van der Waals surface area contributed by atoms with E-state index in [1.807, 2.05) is 37.3 Å². The van der Waals surface area contributed by atoms with Gasteiger partial charge in [0.05, 0.1) is 9.40 Å². The van der Waals surface area contributed by atoms with Crippen molar-refractivity contribution in [2.24, 2.45) is 0 Å². The predicted molar refractivity (Wildman–Crippen MR) is 79.3 cm³/mol. The van der Waals surface area contributed by atoms with Gasteiger partial charge in [0.25, 0.3) is 5.69 Å². The van der Waals surface area contributed by atoms with Gasteiger partial charge in [0, 0.05) is 18.3 Å². The average molecular weight is 321 g/mol. The van der Waals surface area contributed by atoms with Crippen molar-refractivity contribution in [1.29, 1.82) is 0 Å². The van der Waals surface area contributed by atoms with Crippen LogP contribution >= 0.6 is 15.9 Å². The molecule has 0 aromatic heterocycles. The van der Waals surface area contributed by atoms with Crippen LogP contribution in [0.4, 0.5) is 11.4 Å². The zero-order valence-electron chi connectivity index (χ0n) is 10.4. The largest absolute Gasteiger partial charge is 0.381 e. The summed E-state index contributed by atoms with van der Waals surface area (Å²) in [6, 6.07) is 13.2. The maximum absolute atomic E-state index is 10.8. The Hall–Kier alpha value is -1.88. The number of halogens is 1. The van der Waals surface area contributed by atoms with Crippen LogP contribution in [0.3, 0.4) is 0 Å². The van der Waals surface area contributed by atoms with Crippen LogP contribution < -0.4 is 5.32 Å². The maximum atomic E-state index is 10.8. The summed E-state index contributed by atoms with van der Waals surface area (Å²) in [7, 11) is 0. The van der Waals surface area contributed by atoms with Crippen LogP contribution in [-0.4, -0.2) is 4.92 Å². The molecule has 2 rings (SSSR count). The molecule has 5 heteroatoms. The lowest BCUT2D eigenvalue weighted by Gasteiger charge is -2.07. The van der Waals surface area contributed by atoms with Crippen LogP contribution in [0.2, 0.25) is 0 Å². The normalized spacial score (nSPS) is 10.2. The lowest BCUT2D eigenvalue weighted by Crippen LogP contribution is -2.00. The molecule has 0 atom stereocenters. The summed E-state index contributed by atoms with van der Waals surface area (Å²) in [5.74, 6) is 0. The Morgan fingerprint density at radius 1 is 1.21 bits per heavy atom. The smallest absolute Gasteiger partial charge is 0.283 e. The molecule has 1 N–H and O–H groups in total. The summed E-state index contributed by atoms with van der Waals surface area (Å²) in [6.07, 6.45) is 0. The second-order valence-corrected chi connectivity index (χ2v) is 5.12. The first-order chi connectivity index (χ1) is 9.06. The molecule has 0 spiro atoms. The second-order valence-electron chi connectivity index (χ2n) is 4.26. The SMILES string of the molecule is Cc1ccc(NCc2ccc(Br)c([N+](=O)[O-])c2)cc1. The van der Waals surface area contributed by atoms with Gasteiger partial charge in [0.15, 0.2) is 0 Å². The molecule has 0 aliphatic rings. The van der Waals surface area contributed by atoms with Crippen molar-refractivity contribution in [3.8, 4) is 0 Å². The van der Waals surface area contributed by atoms with Crippen molar-refractivity contribution in [2.45, 2.75) is 13.5 Å². The first-order valence-electron chi connectivity index (χ1n) is 5.79. The molecule has 19 heavy (non-hydrogen) atoms. The fourth-order valence-electron chi connectivity index (χ4n) is 1.68. The van der Waals surface area contributed by atoms with Gasteiger partial charge in [-0.15, -0.1) is 0 Å². The van der Waals surface area contributed by atoms with Crippen LogP contribution in [0.5, 0.6) is 0 Å². The van der Waals surface area contributed by atoms with Gasteiger partial charge in [-0.05, 0) is 46.6 Å². The van der Waals surface area contributed by atoms with Crippen LogP contribution in [-0.2, 0) is 6.54 Å². The number of hydrogen-bond acceptors (Lipinski definition) is 3. The van der Waals surface area contributed by atoms with E-state index in [1.54, 1.807) is 12.1 Å². The molecule has 2 aromatic rings. The van der Waals surface area contributed by atoms with E-state index < -0.39 is 0 Å². The third kappa shape index (κ3) is 3.54. The molecule has 0 unspecified atom stereocenters. The van der Waals surface area contributed by atoms with E-state index in [0.717, 1.165) is 11.3 Å². The summed E-state index contributed by atoms with van der Waals surface area (Å²) in [5.41, 5.74) is 3.15. The van der Waals surface area contributed by atoms with E-state index in [-0.39, 0.29) is 10.6 Å². The number of nitrogens with zero attached hydrogens (tertiary/aromatic N) is 1. The lowest BCUT2D eigenvalue weighted by molar-refractivity contribution is -0.385. The summed E-state index contributed by atoms with van der Waals surface area (Å²) < 4.78 is 0.497. The third-order valence-corrected chi connectivity index (χ3v) is 3.43. The molecule has 98 valence electrons. The number of aryl methyl sites for hydroxylation is 1. The molecule has 0 aliphatic carbocycles. The molecule has 4 nitrogen and oxygen atoms in total. The molecule has 0 aliphatic heterocycles. The fourth-order valence-corrected chi connectivity index (χ4v) is 2.08. The fraction of sp³-hybridized carbons (Fsp3) is 0.143. The molecule has 0 saturated carbocycles. The molecule has 2 aromatic carbocycles. The Labute approximate surface area is 119 Å². The van der Waals surface area contributed by atoms with E-state index >= 15 is 0 Å². The molecule has 0 radical (unpaired) electrons. The number of benzene rings is 2. The van der Waals surface area contributed by atoms with Crippen molar-refractivity contribution in [3.05, 3.63) is 68.2 Å². The summed E-state index contributed by atoms with van der Waals surface area (Å²) in [5, 5.41) is 14.1. The Morgan fingerprint density at radius 3 is 2.53 bits per heavy atom. The van der Waals surface area contributed by atoms with E-state index in [2.05, 4.69) is 21.2 Å². The minimum atomic E-state index is -0.389. The van der Waals surface area contributed by atoms with Crippen molar-refractivity contribution in [2.75, 3.05) is 5.32 Å². The minimum absolute atomic E-state index is 0.0863. The number of nitrogens with one attached hydrogen (secondary N) is 1. The van der Waals surface area contributed by atoms with E-state index in [1.165, 1.54) is 5.56 Å². The topological polar surface area (TPSA) is 55.2 Å². The zero-order valence-corrected chi connectivity index (χ0v) is 12.0. The first kappa shape index (κ1) is 13.5. The molecular weight excluding hydrogens is 308 g/mol. The van der Waals surface area contributed by atoms with E-state index in [4.69, 9.17) is 0 Å². The third-order valence-electron chi connectivity index (χ3n) is 2.76. The van der Waals surface area contributed by atoms with Crippen molar-refractivity contribution in [1.82, 2.24) is 0 Å². The molecule has 0 bridgehead atoms. The quantitative estimate of drug-likeness (QED) is 0.675. The van der Waals surface area contributed by atoms with E-state index in [9.17, 15) is 10.1 Å². The van der Waals surface area contributed by atoms with Gasteiger partial charge in [0.2, 0.25) is 0 Å². The highest BCUT2D eigenvalue weighted by Gasteiger charge is 2.11. The highest BCUT2D eigenvalue weighted by molar-refractivity contribution is 9.10. The van der Waals surface area contributed by atoms with E-state index in [0.29, 0.717) is 11.0 Å². The summed E-state index contributed by atoms with van der Waals surface area (Å²) >= 11 is 3.17. The number of anilines is 1. The Bertz CT molecular complexity index is 597. The average Bonchev–Trinajstić information content (AvgIpc) is 2.39. The van der Waals surface area contributed by atoms with Crippen LogP contribution in [0.25, 0.3) is 0 Å². The van der Waals surface area contributed by atoms with Gasteiger partial charge >= 0.3 is 0 Å². The van der Waals surface area contributed by atoms with Crippen molar-refractivity contribution >= 4 is 27.3 Å². The predicted octanol–water partition coefficient (Wildman–Crippen LogP) is 4.28. The monoisotopic (exact) mass is 320 g/mol. The molecular formula is C14H13BrN2O2. The Kier molecular flexibility index (Phi) is 4.16. The number of nitro benzene ring substituents is 1. The van der Waals surface area contributed by atoms with Gasteiger partial charge in [-0.1, -0.05) is 23.8 Å². The number of hydrogen-bond donors (Lipinski definition) is 1. The first-order valence-corrected chi connectivity index (χ1v) is 6.59. The summed E-state index contributed by atoms with van der Waals surface area (Å²) in [4.78, 5) is 10.5. The highest BCUT2D eigenvalue weighted by atomic mass is 79.9. The van der Waals surface area contributed by atoms with Gasteiger partial charge in [-0.3, -0.25) is 10.1 Å². The Balaban J connectivity index is 2.09. The van der Waals surface area contributed by atoms with Crippen molar-refractivity contribution in [3.63, 3.8) is 0 Å². The zero-order chi connectivity index (χ0) is 13.8. The van der Waals surface area contributed by atoms with Crippen molar-refractivity contribution < 1.29 is 4.92 Å². The van der Waals surface area contributed by atoms with Gasteiger partial charge < -0.3 is 5.32 Å². The number of rotatable bonds is 4. The second kappa shape index (κ2) is 5.84. The lowest BCUT2D eigenvalue weighted by atomic mass is 10.2. The van der Waals surface area contributed by atoms with Gasteiger partial charge in [-0.2, -0.15) is 0 Å². The van der Waals surface area contributed by atoms with Crippen LogP contribution in [0.15, 0.2) is 46.9 Å². The molecule has 0 amide bonds. The van der Waals surface area contributed by atoms with Crippen LogP contribution in [0.1, 0.15) is 11.1 Å². The highest BCUT2D eigenvalue weighted by Crippen LogP contribution is 2.26. The maximum Gasteiger partial charge on any atom is 0.283 e. The standard InChI is InChI=1S/C14H13BrN2O2/c1-10-2-5-12(6-3-10)16-9-11-4-7-13(15)14(8-11)17(18)19/h2-8,16H,9H2,1H3. The Morgan fingerprint density at radius 2 is 1.89 bits per heavy atom. The molecule has 0 fully saturated rings. The van der Waals surface area contributed by atoms with Gasteiger partial charge in [0.1, 0.15) is 0 Å².